The van der Waals surface area contributed by atoms with E-state index < -0.39 is 10.0 Å². The normalized spacial score (nSPS) is 27.9. The van der Waals surface area contributed by atoms with E-state index in [-0.39, 0.29) is 11.7 Å². The lowest BCUT2D eigenvalue weighted by molar-refractivity contribution is -0.000102. The van der Waals surface area contributed by atoms with Crippen molar-refractivity contribution in [3.63, 3.8) is 0 Å². The average Bonchev–Trinajstić information content (AvgIpc) is 2.24. The van der Waals surface area contributed by atoms with Gasteiger partial charge >= 0.3 is 0 Å². The van der Waals surface area contributed by atoms with Crippen molar-refractivity contribution in [2.24, 2.45) is 17.0 Å². The Morgan fingerprint density at radius 1 is 1.41 bits per heavy atom. The van der Waals surface area contributed by atoms with Crippen molar-refractivity contribution in [3.05, 3.63) is 0 Å². The van der Waals surface area contributed by atoms with Crippen LogP contribution in [0.2, 0.25) is 0 Å². The number of sulfonamides is 1. The second-order valence-corrected chi connectivity index (χ2v) is 6.99. The van der Waals surface area contributed by atoms with Gasteiger partial charge in [-0.15, -0.1) is 0 Å². The Morgan fingerprint density at radius 2 is 2.12 bits per heavy atom. The molecule has 1 rings (SSSR count). The summed E-state index contributed by atoms with van der Waals surface area (Å²) in [4.78, 5) is 0. The number of rotatable bonds is 6. The largest absolute Gasteiger partial charge is 0.378 e. The molecule has 0 heterocycles. The van der Waals surface area contributed by atoms with Crippen LogP contribution in [0.15, 0.2) is 0 Å². The van der Waals surface area contributed by atoms with Crippen LogP contribution in [0.25, 0.3) is 0 Å². The maximum absolute atomic E-state index is 10.9. The lowest BCUT2D eigenvalue weighted by Crippen LogP contribution is -2.28. The molecule has 102 valence electrons. The SMILES string of the molecule is CCC1CCCC(OCC(C)CS(N)(=O)=O)C1. The molecule has 3 unspecified atom stereocenters. The summed E-state index contributed by atoms with van der Waals surface area (Å²) in [5.41, 5.74) is 0. The van der Waals surface area contributed by atoms with Crippen LogP contribution in [0.3, 0.4) is 0 Å². The molecule has 0 aromatic rings. The van der Waals surface area contributed by atoms with E-state index in [9.17, 15) is 8.42 Å². The number of primary sulfonamides is 1. The second-order valence-electron chi connectivity index (χ2n) is 5.33. The molecular formula is C12H25NO3S. The predicted octanol–water partition coefficient (Wildman–Crippen LogP) is 1.90. The van der Waals surface area contributed by atoms with Crippen molar-refractivity contribution in [1.29, 1.82) is 0 Å². The number of hydrogen-bond donors (Lipinski definition) is 1. The minimum atomic E-state index is -3.37. The molecule has 1 aliphatic rings. The molecule has 3 atom stereocenters. The van der Waals surface area contributed by atoms with Crippen molar-refractivity contribution in [2.45, 2.75) is 52.1 Å². The minimum Gasteiger partial charge on any atom is -0.378 e. The summed E-state index contributed by atoms with van der Waals surface area (Å²) in [7, 11) is -3.37. The zero-order valence-electron chi connectivity index (χ0n) is 10.9. The van der Waals surface area contributed by atoms with Crippen LogP contribution in [0.4, 0.5) is 0 Å². The smallest absolute Gasteiger partial charge is 0.209 e. The maximum Gasteiger partial charge on any atom is 0.209 e. The quantitative estimate of drug-likeness (QED) is 0.795. The lowest BCUT2D eigenvalue weighted by Gasteiger charge is -2.29. The van der Waals surface area contributed by atoms with Gasteiger partial charge in [0.2, 0.25) is 10.0 Å². The minimum absolute atomic E-state index is 0.0108. The molecule has 1 aliphatic carbocycles. The maximum atomic E-state index is 10.9. The Kier molecular flexibility index (Phi) is 5.89. The molecule has 1 saturated carbocycles. The van der Waals surface area contributed by atoms with E-state index in [0.717, 1.165) is 18.8 Å². The summed E-state index contributed by atoms with van der Waals surface area (Å²) in [5, 5.41) is 5.01. The monoisotopic (exact) mass is 263 g/mol. The van der Waals surface area contributed by atoms with E-state index in [1.165, 1.54) is 19.3 Å². The van der Waals surface area contributed by atoms with Gasteiger partial charge in [-0.25, -0.2) is 13.6 Å². The van der Waals surface area contributed by atoms with Gasteiger partial charge < -0.3 is 4.74 Å². The van der Waals surface area contributed by atoms with Gasteiger partial charge in [0.25, 0.3) is 0 Å². The molecule has 2 N–H and O–H groups in total. The third-order valence-corrected chi connectivity index (χ3v) is 4.48. The van der Waals surface area contributed by atoms with Crippen molar-refractivity contribution < 1.29 is 13.2 Å². The number of ether oxygens (including phenoxy) is 1. The highest BCUT2D eigenvalue weighted by Crippen LogP contribution is 2.28. The second kappa shape index (κ2) is 6.71. The van der Waals surface area contributed by atoms with E-state index >= 15 is 0 Å². The van der Waals surface area contributed by atoms with Crippen LogP contribution in [0, 0.1) is 11.8 Å². The molecule has 0 saturated heterocycles. The number of hydrogen-bond acceptors (Lipinski definition) is 3. The fourth-order valence-electron chi connectivity index (χ4n) is 2.51. The molecule has 0 aromatic heterocycles. The fraction of sp³-hybridized carbons (Fsp3) is 1.00. The van der Waals surface area contributed by atoms with E-state index in [4.69, 9.17) is 9.88 Å². The molecule has 0 radical (unpaired) electrons. The summed E-state index contributed by atoms with van der Waals surface area (Å²) < 4.78 is 27.6. The van der Waals surface area contributed by atoms with E-state index in [2.05, 4.69) is 6.92 Å². The Bertz CT molecular complexity index is 316. The number of nitrogens with two attached hydrogens (primary N) is 1. The average molecular weight is 263 g/mol. The van der Waals surface area contributed by atoms with Gasteiger partial charge in [-0.3, -0.25) is 0 Å². The van der Waals surface area contributed by atoms with Gasteiger partial charge in [-0.05, 0) is 24.7 Å². The Balaban J connectivity index is 2.25. The zero-order valence-corrected chi connectivity index (χ0v) is 11.7. The first-order valence-electron chi connectivity index (χ1n) is 6.52. The van der Waals surface area contributed by atoms with Crippen LogP contribution in [-0.2, 0) is 14.8 Å². The fourth-order valence-corrected chi connectivity index (χ4v) is 3.40. The van der Waals surface area contributed by atoms with Gasteiger partial charge in [0.15, 0.2) is 0 Å². The van der Waals surface area contributed by atoms with E-state index in [1.54, 1.807) is 0 Å². The van der Waals surface area contributed by atoms with E-state index in [1.807, 2.05) is 6.92 Å². The predicted molar refractivity (Wildman–Crippen MR) is 69.1 cm³/mol. The van der Waals surface area contributed by atoms with Crippen LogP contribution in [0.5, 0.6) is 0 Å². The molecule has 1 fully saturated rings. The summed E-state index contributed by atoms with van der Waals surface area (Å²) >= 11 is 0. The van der Waals surface area contributed by atoms with Crippen molar-refractivity contribution in [1.82, 2.24) is 0 Å². The highest BCUT2D eigenvalue weighted by Gasteiger charge is 2.22. The molecule has 0 amide bonds. The van der Waals surface area contributed by atoms with Gasteiger partial charge in [-0.2, -0.15) is 0 Å². The third kappa shape index (κ3) is 6.38. The standard InChI is InChI=1S/C12H25NO3S/c1-3-11-5-4-6-12(7-11)16-8-10(2)9-17(13,14)15/h10-12H,3-9H2,1-2H3,(H2,13,14,15). The lowest BCUT2D eigenvalue weighted by atomic mass is 9.85. The van der Waals surface area contributed by atoms with Crippen LogP contribution in [0.1, 0.15) is 46.0 Å². The first-order valence-corrected chi connectivity index (χ1v) is 8.24. The first-order chi connectivity index (χ1) is 7.90. The van der Waals surface area contributed by atoms with Crippen molar-refractivity contribution >= 4 is 10.0 Å². The van der Waals surface area contributed by atoms with Crippen LogP contribution in [-0.4, -0.2) is 26.9 Å². The van der Waals surface area contributed by atoms with Gasteiger partial charge in [0.05, 0.1) is 18.5 Å². The molecule has 0 aliphatic heterocycles. The summed E-state index contributed by atoms with van der Waals surface area (Å²) in [6, 6.07) is 0. The zero-order chi connectivity index (χ0) is 12.9. The van der Waals surface area contributed by atoms with Crippen molar-refractivity contribution in [2.75, 3.05) is 12.4 Å². The highest BCUT2D eigenvalue weighted by molar-refractivity contribution is 7.89. The topological polar surface area (TPSA) is 69.4 Å². The molecule has 0 bridgehead atoms. The van der Waals surface area contributed by atoms with E-state index in [0.29, 0.717) is 12.7 Å². The highest BCUT2D eigenvalue weighted by atomic mass is 32.2. The Morgan fingerprint density at radius 3 is 2.71 bits per heavy atom. The van der Waals surface area contributed by atoms with Gasteiger partial charge in [-0.1, -0.05) is 33.1 Å². The molecule has 0 spiro atoms. The molecule has 0 aromatic carbocycles. The molecule has 5 heteroatoms. The molecule has 17 heavy (non-hydrogen) atoms. The van der Waals surface area contributed by atoms with Gasteiger partial charge in [0, 0.05) is 0 Å². The first kappa shape index (κ1) is 14.9. The van der Waals surface area contributed by atoms with Crippen LogP contribution < -0.4 is 5.14 Å². The van der Waals surface area contributed by atoms with Crippen LogP contribution >= 0.6 is 0 Å². The summed E-state index contributed by atoms with van der Waals surface area (Å²) in [6.07, 6.45) is 6.30. The Labute approximate surface area is 105 Å². The summed E-state index contributed by atoms with van der Waals surface area (Å²) in [6.45, 7) is 4.58. The van der Waals surface area contributed by atoms with Gasteiger partial charge in [0.1, 0.15) is 0 Å². The molecular weight excluding hydrogens is 238 g/mol. The molecule has 4 nitrogen and oxygen atoms in total. The Hall–Kier alpha value is -0.130. The third-order valence-electron chi connectivity index (χ3n) is 3.45. The van der Waals surface area contributed by atoms with Crippen molar-refractivity contribution in [3.8, 4) is 0 Å². The summed E-state index contributed by atoms with van der Waals surface area (Å²) in [5.74, 6) is 0.769.